The number of nitrogens with two attached hydrogens (primary N) is 1. The third kappa shape index (κ3) is 2.36. The summed E-state index contributed by atoms with van der Waals surface area (Å²) in [5.41, 5.74) is 5.17. The predicted octanol–water partition coefficient (Wildman–Crippen LogP) is -0.134. The minimum Gasteiger partial charge on any atom is -0.387 e. The Morgan fingerprint density at radius 1 is 1.18 bits per heavy atom. The van der Waals surface area contributed by atoms with Crippen molar-refractivity contribution in [3.8, 4) is 0 Å². The number of nitrogens with zero attached hydrogens (tertiary/aromatic N) is 2. The smallest absolute Gasteiger partial charge is 0.0923 e. The van der Waals surface area contributed by atoms with Crippen LogP contribution in [-0.2, 0) is 0 Å². The van der Waals surface area contributed by atoms with Gasteiger partial charge in [-0.25, -0.2) is 0 Å². The van der Waals surface area contributed by atoms with Gasteiger partial charge in [0.25, 0.3) is 0 Å². The SMILES string of the molecule is NCC(O)(CN1CCN2CCCC2C1)C1CC1. The standard InChI is InChI=1S/C13H25N3O/c14-9-13(17,11-3-4-11)10-15-6-7-16-5-1-2-12(16)8-15/h11-12,17H,1-10,14H2. The molecule has 2 unspecified atom stereocenters. The summed E-state index contributed by atoms with van der Waals surface area (Å²) in [5, 5.41) is 10.6. The lowest BCUT2D eigenvalue weighted by molar-refractivity contribution is -0.0252. The van der Waals surface area contributed by atoms with Gasteiger partial charge in [0.1, 0.15) is 0 Å². The Bertz CT molecular complexity index is 282. The largest absolute Gasteiger partial charge is 0.387 e. The molecule has 4 nitrogen and oxygen atoms in total. The lowest BCUT2D eigenvalue weighted by atomic mass is 9.96. The van der Waals surface area contributed by atoms with E-state index in [1.165, 1.54) is 25.9 Å². The van der Waals surface area contributed by atoms with E-state index in [0.29, 0.717) is 12.5 Å². The molecule has 98 valence electrons. The first-order valence-electron chi connectivity index (χ1n) is 7.10. The van der Waals surface area contributed by atoms with Gasteiger partial charge in [-0.05, 0) is 38.1 Å². The molecule has 3 aliphatic rings. The van der Waals surface area contributed by atoms with Crippen molar-refractivity contribution in [1.29, 1.82) is 0 Å². The van der Waals surface area contributed by atoms with Gasteiger partial charge >= 0.3 is 0 Å². The van der Waals surface area contributed by atoms with Gasteiger partial charge in [0.2, 0.25) is 0 Å². The molecule has 17 heavy (non-hydrogen) atoms. The molecular formula is C13H25N3O. The van der Waals surface area contributed by atoms with E-state index in [-0.39, 0.29) is 0 Å². The van der Waals surface area contributed by atoms with Crippen LogP contribution < -0.4 is 5.73 Å². The minimum absolute atomic E-state index is 0.419. The summed E-state index contributed by atoms with van der Waals surface area (Å²) in [7, 11) is 0. The van der Waals surface area contributed by atoms with Crippen molar-refractivity contribution in [3.05, 3.63) is 0 Å². The number of aliphatic hydroxyl groups is 1. The van der Waals surface area contributed by atoms with Gasteiger partial charge in [-0.15, -0.1) is 0 Å². The average molecular weight is 239 g/mol. The number of piperazine rings is 1. The van der Waals surface area contributed by atoms with E-state index in [4.69, 9.17) is 5.73 Å². The fourth-order valence-electron chi connectivity index (χ4n) is 3.57. The molecule has 4 heteroatoms. The van der Waals surface area contributed by atoms with Gasteiger partial charge in [-0.1, -0.05) is 0 Å². The van der Waals surface area contributed by atoms with E-state index in [9.17, 15) is 5.11 Å². The maximum Gasteiger partial charge on any atom is 0.0923 e. The van der Waals surface area contributed by atoms with Crippen LogP contribution in [-0.4, -0.2) is 65.8 Å². The zero-order valence-electron chi connectivity index (χ0n) is 10.6. The molecule has 0 aromatic carbocycles. The second kappa shape index (κ2) is 4.50. The Kier molecular flexibility index (Phi) is 3.15. The second-order valence-corrected chi connectivity index (χ2v) is 6.15. The maximum atomic E-state index is 10.6. The third-order valence-corrected chi connectivity index (χ3v) is 4.86. The molecular weight excluding hydrogens is 214 g/mol. The maximum absolute atomic E-state index is 10.6. The van der Waals surface area contributed by atoms with Crippen molar-refractivity contribution in [3.63, 3.8) is 0 Å². The van der Waals surface area contributed by atoms with Crippen LogP contribution >= 0.6 is 0 Å². The molecule has 0 aromatic heterocycles. The molecule has 3 fully saturated rings. The van der Waals surface area contributed by atoms with E-state index in [0.717, 1.165) is 38.5 Å². The summed E-state index contributed by atoms with van der Waals surface area (Å²) in [6.45, 7) is 5.90. The molecule has 0 spiro atoms. The number of β-amino-alcohol motifs (C(OH)–C–C–N with tert-alkyl or cyclic N) is 1. The first-order chi connectivity index (χ1) is 8.21. The Balaban J connectivity index is 1.58. The van der Waals surface area contributed by atoms with E-state index in [2.05, 4.69) is 9.80 Å². The van der Waals surface area contributed by atoms with E-state index in [1.54, 1.807) is 0 Å². The van der Waals surface area contributed by atoms with Crippen molar-refractivity contribution in [2.75, 3.05) is 39.3 Å². The molecule has 0 amide bonds. The van der Waals surface area contributed by atoms with Crippen LogP contribution in [0.25, 0.3) is 0 Å². The molecule has 1 aliphatic carbocycles. The Labute approximate surface area is 104 Å². The van der Waals surface area contributed by atoms with Crippen LogP contribution in [0.2, 0.25) is 0 Å². The molecule has 3 N–H and O–H groups in total. The molecule has 2 aliphatic heterocycles. The molecule has 2 heterocycles. The van der Waals surface area contributed by atoms with Crippen LogP contribution in [0.1, 0.15) is 25.7 Å². The highest BCUT2D eigenvalue weighted by molar-refractivity contribution is 4.99. The minimum atomic E-state index is -0.610. The van der Waals surface area contributed by atoms with Gasteiger partial charge < -0.3 is 10.8 Å². The number of hydrogen-bond donors (Lipinski definition) is 2. The summed E-state index contributed by atoms with van der Waals surface area (Å²) < 4.78 is 0. The summed E-state index contributed by atoms with van der Waals surface area (Å²) in [4.78, 5) is 5.05. The number of fused-ring (bicyclic) bond motifs is 1. The molecule has 0 radical (unpaired) electrons. The zero-order valence-corrected chi connectivity index (χ0v) is 10.6. The quantitative estimate of drug-likeness (QED) is 0.717. The lowest BCUT2D eigenvalue weighted by Gasteiger charge is -2.41. The Hall–Kier alpha value is -0.160. The Morgan fingerprint density at radius 3 is 2.71 bits per heavy atom. The fourth-order valence-corrected chi connectivity index (χ4v) is 3.57. The lowest BCUT2D eigenvalue weighted by Crippen LogP contribution is -2.57. The predicted molar refractivity (Wildman–Crippen MR) is 67.8 cm³/mol. The summed E-state index contributed by atoms with van der Waals surface area (Å²) in [5.74, 6) is 0.467. The van der Waals surface area contributed by atoms with Crippen molar-refractivity contribution < 1.29 is 5.11 Å². The van der Waals surface area contributed by atoms with Gasteiger partial charge in [0.15, 0.2) is 0 Å². The van der Waals surface area contributed by atoms with Crippen LogP contribution in [0, 0.1) is 5.92 Å². The Morgan fingerprint density at radius 2 is 2.00 bits per heavy atom. The van der Waals surface area contributed by atoms with E-state index >= 15 is 0 Å². The fraction of sp³-hybridized carbons (Fsp3) is 1.00. The van der Waals surface area contributed by atoms with Crippen LogP contribution in [0.5, 0.6) is 0 Å². The van der Waals surface area contributed by atoms with Gasteiger partial charge in [-0.3, -0.25) is 9.80 Å². The van der Waals surface area contributed by atoms with Crippen molar-refractivity contribution in [1.82, 2.24) is 9.80 Å². The second-order valence-electron chi connectivity index (χ2n) is 6.15. The monoisotopic (exact) mass is 239 g/mol. The van der Waals surface area contributed by atoms with Crippen LogP contribution in [0.15, 0.2) is 0 Å². The van der Waals surface area contributed by atoms with E-state index in [1.807, 2.05) is 0 Å². The average Bonchev–Trinajstić information content (AvgIpc) is 3.09. The van der Waals surface area contributed by atoms with Gasteiger partial charge in [0, 0.05) is 38.8 Å². The molecule has 0 bridgehead atoms. The van der Waals surface area contributed by atoms with E-state index < -0.39 is 5.60 Å². The third-order valence-electron chi connectivity index (χ3n) is 4.86. The highest BCUT2D eigenvalue weighted by Gasteiger charge is 2.44. The molecule has 2 saturated heterocycles. The van der Waals surface area contributed by atoms with Crippen molar-refractivity contribution >= 4 is 0 Å². The topological polar surface area (TPSA) is 52.7 Å². The summed E-state index contributed by atoms with van der Waals surface area (Å²) in [6.07, 6.45) is 5.01. The first-order valence-corrected chi connectivity index (χ1v) is 7.10. The van der Waals surface area contributed by atoms with Crippen LogP contribution in [0.3, 0.4) is 0 Å². The molecule has 2 atom stereocenters. The zero-order chi connectivity index (χ0) is 11.9. The number of hydrogen-bond acceptors (Lipinski definition) is 4. The van der Waals surface area contributed by atoms with Crippen molar-refractivity contribution in [2.24, 2.45) is 11.7 Å². The van der Waals surface area contributed by atoms with Gasteiger partial charge in [0.05, 0.1) is 5.60 Å². The number of rotatable bonds is 4. The summed E-state index contributed by atoms with van der Waals surface area (Å²) in [6, 6.07) is 0.741. The summed E-state index contributed by atoms with van der Waals surface area (Å²) >= 11 is 0. The first kappa shape index (κ1) is 11.9. The highest BCUT2D eigenvalue weighted by Crippen LogP contribution is 2.40. The molecule has 1 saturated carbocycles. The molecule has 0 aromatic rings. The van der Waals surface area contributed by atoms with Crippen LogP contribution in [0.4, 0.5) is 0 Å². The van der Waals surface area contributed by atoms with Gasteiger partial charge in [-0.2, -0.15) is 0 Å². The normalized spacial score (nSPS) is 34.6. The molecule has 3 rings (SSSR count). The van der Waals surface area contributed by atoms with Crippen molar-refractivity contribution in [2.45, 2.75) is 37.3 Å². The highest BCUT2D eigenvalue weighted by atomic mass is 16.3.